The van der Waals surface area contributed by atoms with Crippen LogP contribution in [-0.2, 0) is 10.0 Å². The molecule has 0 aromatic carbocycles. The maximum atomic E-state index is 12.5. The summed E-state index contributed by atoms with van der Waals surface area (Å²) in [6.45, 7) is 6.07. The van der Waals surface area contributed by atoms with Crippen molar-refractivity contribution in [2.24, 2.45) is 5.92 Å². The zero-order valence-corrected chi connectivity index (χ0v) is 13.5. The maximum Gasteiger partial charge on any atom is 0.260 e. The van der Waals surface area contributed by atoms with Crippen LogP contribution in [0, 0.1) is 5.92 Å². The summed E-state index contributed by atoms with van der Waals surface area (Å²) in [4.78, 5) is 4.64. The van der Waals surface area contributed by atoms with Crippen molar-refractivity contribution in [1.29, 1.82) is 0 Å². The van der Waals surface area contributed by atoms with Crippen molar-refractivity contribution in [3.8, 4) is 0 Å². The number of aromatic nitrogens is 2. The lowest BCUT2D eigenvalue weighted by atomic mass is 10.0. The normalized spacial score (nSPS) is 15.6. The Morgan fingerprint density at radius 3 is 2.85 bits per heavy atom. The number of imidazole rings is 1. The number of nitrogens with zero attached hydrogens (tertiary/aromatic N) is 2. The van der Waals surface area contributed by atoms with E-state index in [1.54, 1.807) is 11.6 Å². The van der Waals surface area contributed by atoms with Crippen LogP contribution in [-0.4, -0.2) is 23.8 Å². The summed E-state index contributed by atoms with van der Waals surface area (Å²) >= 11 is 1.35. The number of hydrogen-bond donors (Lipinski definition) is 2. The molecule has 20 heavy (non-hydrogen) atoms. The van der Waals surface area contributed by atoms with Crippen LogP contribution < -0.4 is 10.5 Å². The van der Waals surface area contributed by atoms with Crippen molar-refractivity contribution < 1.29 is 8.42 Å². The highest BCUT2D eigenvalue weighted by molar-refractivity contribution is 7.89. The Labute approximate surface area is 123 Å². The topological polar surface area (TPSA) is 89.5 Å². The van der Waals surface area contributed by atoms with Crippen LogP contribution in [0.25, 0.3) is 4.96 Å². The Morgan fingerprint density at radius 1 is 1.50 bits per heavy atom. The average molecular weight is 316 g/mol. The maximum absolute atomic E-state index is 12.5. The summed E-state index contributed by atoms with van der Waals surface area (Å²) in [6.07, 6.45) is 3.48. The van der Waals surface area contributed by atoms with Gasteiger partial charge in [0.1, 0.15) is 0 Å². The summed E-state index contributed by atoms with van der Waals surface area (Å²) in [6, 6.07) is -0.140. The van der Waals surface area contributed by atoms with Gasteiger partial charge in [-0.15, -0.1) is 11.3 Å². The van der Waals surface area contributed by atoms with Crippen LogP contribution in [0.5, 0.6) is 0 Å². The fraction of sp³-hybridized carbons (Fsp3) is 0.583. The van der Waals surface area contributed by atoms with E-state index in [1.807, 2.05) is 6.92 Å². The predicted molar refractivity (Wildman–Crippen MR) is 81.3 cm³/mol. The molecular formula is C12H20N4O2S2. The summed E-state index contributed by atoms with van der Waals surface area (Å²) in [5.74, 6) is 0.511. The van der Waals surface area contributed by atoms with Gasteiger partial charge in [-0.1, -0.05) is 20.3 Å². The lowest BCUT2D eigenvalue weighted by molar-refractivity contribution is 0.445. The molecule has 2 heterocycles. The van der Waals surface area contributed by atoms with Crippen molar-refractivity contribution in [2.75, 3.05) is 5.73 Å². The van der Waals surface area contributed by atoms with Crippen LogP contribution in [0.15, 0.2) is 16.6 Å². The minimum atomic E-state index is -3.67. The van der Waals surface area contributed by atoms with Gasteiger partial charge in [-0.05, 0) is 19.3 Å². The Morgan fingerprint density at radius 2 is 2.20 bits per heavy atom. The van der Waals surface area contributed by atoms with Gasteiger partial charge in [0.25, 0.3) is 10.0 Å². The molecule has 8 heteroatoms. The van der Waals surface area contributed by atoms with E-state index in [1.165, 1.54) is 15.7 Å². The minimum absolute atomic E-state index is 0.0322. The first-order valence-electron chi connectivity index (χ1n) is 6.58. The predicted octanol–water partition coefficient (Wildman–Crippen LogP) is 2.08. The van der Waals surface area contributed by atoms with Crippen molar-refractivity contribution in [2.45, 2.75) is 44.7 Å². The number of hydrogen-bond acceptors (Lipinski definition) is 5. The van der Waals surface area contributed by atoms with Crippen molar-refractivity contribution in [3.05, 3.63) is 11.6 Å². The highest BCUT2D eigenvalue weighted by atomic mass is 32.2. The van der Waals surface area contributed by atoms with Gasteiger partial charge in [-0.25, -0.2) is 18.1 Å². The number of sulfonamides is 1. The summed E-state index contributed by atoms with van der Waals surface area (Å²) in [5.41, 5.74) is 5.74. The molecule has 0 fully saturated rings. The second-order valence-corrected chi connectivity index (χ2v) is 7.63. The third-order valence-corrected chi connectivity index (χ3v) is 5.69. The summed E-state index contributed by atoms with van der Waals surface area (Å²) < 4.78 is 29.1. The molecule has 3 N–H and O–H groups in total. The van der Waals surface area contributed by atoms with E-state index in [-0.39, 0.29) is 16.9 Å². The molecule has 6 nitrogen and oxygen atoms in total. The van der Waals surface area contributed by atoms with Gasteiger partial charge >= 0.3 is 0 Å². The Hall–Kier alpha value is -1.12. The van der Waals surface area contributed by atoms with Crippen LogP contribution in [0.2, 0.25) is 0 Å². The molecule has 2 unspecified atom stereocenters. The molecule has 0 aliphatic carbocycles. The fourth-order valence-electron chi connectivity index (χ4n) is 2.19. The Balaban J connectivity index is 2.26. The molecule has 0 radical (unpaired) electrons. The number of thiazole rings is 1. The molecule has 2 aromatic heterocycles. The first kappa shape index (κ1) is 15.3. The van der Waals surface area contributed by atoms with Gasteiger partial charge in [0.05, 0.1) is 0 Å². The third-order valence-electron chi connectivity index (χ3n) is 3.31. The largest absolute Gasteiger partial charge is 0.381 e. The molecule has 0 aliphatic rings. The molecule has 2 atom stereocenters. The lowest BCUT2D eigenvalue weighted by Gasteiger charge is -2.17. The Kier molecular flexibility index (Phi) is 4.36. The van der Waals surface area contributed by atoms with Gasteiger partial charge in [-0.3, -0.25) is 4.40 Å². The van der Waals surface area contributed by atoms with Gasteiger partial charge in [-0.2, -0.15) is 0 Å². The molecular weight excluding hydrogens is 296 g/mol. The van der Waals surface area contributed by atoms with E-state index in [0.717, 1.165) is 12.8 Å². The van der Waals surface area contributed by atoms with Gasteiger partial charge in [0.2, 0.25) is 0 Å². The highest BCUT2D eigenvalue weighted by Gasteiger charge is 2.26. The number of anilines is 1. The summed E-state index contributed by atoms with van der Waals surface area (Å²) in [5, 5.41) is 1.81. The molecule has 2 aromatic rings. The zero-order valence-electron chi connectivity index (χ0n) is 11.8. The zero-order chi connectivity index (χ0) is 14.9. The van der Waals surface area contributed by atoms with Crippen molar-refractivity contribution >= 4 is 32.1 Å². The molecule has 2 rings (SSSR count). The van der Waals surface area contributed by atoms with Gasteiger partial charge in [0.15, 0.2) is 15.8 Å². The van der Waals surface area contributed by atoms with E-state index in [2.05, 4.69) is 23.6 Å². The minimum Gasteiger partial charge on any atom is -0.381 e. The quantitative estimate of drug-likeness (QED) is 0.854. The van der Waals surface area contributed by atoms with E-state index in [4.69, 9.17) is 5.73 Å². The second kappa shape index (κ2) is 5.71. The average Bonchev–Trinajstić information content (AvgIpc) is 2.86. The fourth-order valence-corrected chi connectivity index (χ4v) is 4.43. The number of rotatable bonds is 6. The van der Waals surface area contributed by atoms with Crippen molar-refractivity contribution in [1.82, 2.24) is 14.1 Å². The molecule has 0 bridgehead atoms. The molecule has 0 spiro atoms. The van der Waals surface area contributed by atoms with E-state index >= 15 is 0 Å². The van der Waals surface area contributed by atoms with Crippen LogP contribution in [0.1, 0.15) is 33.6 Å². The van der Waals surface area contributed by atoms with E-state index < -0.39 is 10.0 Å². The van der Waals surface area contributed by atoms with Crippen molar-refractivity contribution in [3.63, 3.8) is 0 Å². The lowest BCUT2D eigenvalue weighted by Crippen LogP contribution is -2.34. The smallest absolute Gasteiger partial charge is 0.260 e. The van der Waals surface area contributed by atoms with Crippen LogP contribution in [0.3, 0.4) is 0 Å². The van der Waals surface area contributed by atoms with Crippen LogP contribution in [0.4, 0.5) is 5.82 Å². The van der Waals surface area contributed by atoms with E-state index in [0.29, 0.717) is 10.9 Å². The first-order chi connectivity index (χ1) is 9.35. The van der Waals surface area contributed by atoms with E-state index in [9.17, 15) is 8.42 Å². The van der Waals surface area contributed by atoms with Gasteiger partial charge < -0.3 is 5.73 Å². The molecule has 0 amide bonds. The van der Waals surface area contributed by atoms with Crippen LogP contribution >= 0.6 is 11.3 Å². The number of nitrogen functional groups attached to an aromatic ring is 1. The molecule has 112 valence electrons. The monoisotopic (exact) mass is 316 g/mol. The third kappa shape index (κ3) is 2.97. The molecule has 0 aliphatic heterocycles. The van der Waals surface area contributed by atoms with Gasteiger partial charge in [0, 0.05) is 17.6 Å². The first-order valence-corrected chi connectivity index (χ1v) is 8.94. The summed E-state index contributed by atoms with van der Waals surface area (Å²) in [7, 11) is -3.67. The Bertz CT molecular complexity index is 689. The standard InChI is InChI=1S/C12H20N4O2S2/c1-4-8(2)7-9(3)15-20(17,18)11-10(13)14-12-16(11)5-6-19-12/h5-6,8-9,15H,4,7,13H2,1-3H3. The number of nitrogens with two attached hydrogens (primary N) is 1. The highest BCUT2D eigenvalue weighted by Crippen LogP contribution is 2.23. The second-order valence-electron chi connectivity index (χ2n) is 5.13. The molecule has 0 saturated carbocycles. The SMILES string of the molecule is CCC(C)CC(C)NS(=O)(=O)c1c(N)nc2sccn12. The molecule has 0 saturated heterocycles. The number of fused-ring (bicyclic) bond motifs is 1. The number of nitrogens with one attached hydrogen (secondary N) is 1.